The molecule has 0 bridgehead atoms. The minimum Gasteiger partial charge on any atom is -0.493 e. The molecule has 0 spiro atoms. The fourth-order valence-corrected chi connectivity index (χ4v) is 2.24. The normalized spacial score (nSPS) is 9.96. The molecule has 0 aliphatic heterocycles. The van der Waals surface area contributed by atoms with Gasteiger partial charge in [-0.25, -0.2) is 4.79 Å². The second kappa shape index (κ2) is 8.14. The summed E-state index contributed by atoms with van der Waals surface area (Å²) in [5.74, 6) is 1.85. The van der Waals surface area contributed by atoms with Crippen LogP contribution in [0.15, 0.2) is 30.3 Å². The quantitative estimate of drug-likeness (QED) is 0.563. The van der Waals surface area contributed by atoms with Crippen LogP contribution in [0.2, 0.25) is 0 Å². The summed E-state index contributed by atoms with van der Waals surface area (Å²) in [5.41, 5.74) is 0.254. The Kier molecular flexibility index (Phi) is 5.94. The fourth-order valence-electron chi connectivity index (χ4n) is 2.24. The van der Waals surface area contributed by atoms with E-state index in [9.17, 15) is 4.79 Å². The Bertz CT molecular complexity index is 730. The Hall–Kier alpha value is -3.09. The molecular formula is C18H20O7. The molecule has 0 heterocycles. The van der Waals surface area contributed by atoms with Gasteiger partial charge in [0.25, 0.3) is 0 Å². The van der Waals surface area contributed by atoms with E-state index in [1.165, 1.54) is 47.7 Å². The molecule has 2 aromatic carbocycles. The van der Waals surface area contributed by atoms with Gasteiger partial charge >= 0.3 is 5.97 Å². The lowest BCUT2D eigenvalue weighted by molar-refractivity contribution is 0.0733. The van der Waals surface area contributed by atoms with Gasteiger partial charge in [-0.2, -0.15) is 0 Å². The molecule has 0 fully saturated rings. The maximum atomic E-state index is 12.5. The zero-order chi connectivity index (χ0) is 18.4. The van der Waals surface area contributed by atoms with Gasteiger partial charge in [0.1, 0.15) is 5.75 Å². The van der Waals surface area contributed by atoms with E-state index in [4.69, 9.17) is 28.4 Å². The van der Waals surface area contributed by atoms with Gasteiger partial charge in [-0.1, -0.05) is 0 Å². The molecule has 25 heavy (non-hydrogen) atoms. The largest absolute Gasteiger partial charge is 0.493 e. The molecule has 2 aromatic rings. The Labute approximate surface area is 146 Å². The average molecular weight is 348 g/mol. The van der Waals surface area contributed by atoms with Crippen molar-refractivity contribution in [2.75, 3.05) is 35.5 Å². The Morgan fingerprint density at radius 1 is 0.680 bits per heavy atom. The number of methoxy groups -OCH3 is 5. The van der Waals surface area contributed by atoms with Gasteiger partial charge in [-0.3, -0.25) is 0 Å². The molecule has 0 saturated carbocycles. The van der Waals surface area contributed by atoms with Gasteiger partial charge in [0.05, 0.1) is 41.1 Å². The molecule has 0 unspecified atom stereocenters. The summed E-state index contributed by atoms with van der Waals surface area (Å²) >= 11 is 0. The van der Waals surface area contributed by atoms with E-state index >= 15 is 0 Å². The standard InChI is InChI=1S/C18H20O7/c1-20-13-7-6-12(10-14(13)21-2)25-18(19)11-8-15(22-3)17(24-5)16(9-11)23-4/h6-10H,1-5H3. The van der Waals surface area contributed by atoms with Crippen LogP contribution in [0.5, 0.6) is 34.5 Å². The van der Waals surface area contributed by atoms with Gasteiger partial charge in [-0.15, -0.1) is 0 Å². The SMILES string of the molecule is COc1ccc(OC(=O)c2cc(OC)c(OC)c(OC)c2)cc1OC. The number of hydrogen-bond acceptors (Lipinski definition) is 7. The first kappa shape index (κ1) is 18.3. The van der Waals surface area contributed by atoms with Crippen LogP contribution in [0.4, 0.5) is 0 Å². The predicted molar refractivity (Wildman–Crippen MR) is 90.6 cm³/mol. The van der Waals surface area contributed by atoms with Crippen molar-refractivity contribution in [3.05, 3.63) is 35.9 Å². The van der Waals surface area contributed by atoms with Crippen molar-refractivity contribution in [2.24, 2.45) is 0 Å². The van der Waals surface area contributed by atoms with Gasteiger partial charge in [0.2, 0.25) is 5.75 Å². The van der Waals surface area contributed by atoms with E-state index < -0.39 is 5.97 Å². The molecule has 0 N–H and O–H groups in total. The summed E-state index contributed by atoms with van der Waals surface area (Å²) in [6, 6.07) is 7.86. The Morgan fingerprint density at radius 3 is 1.72 bits per heavy atom. The second-order valence-electron chi connectivity index (χ2n) is 4.82. The minimum absolute atomic E-state index is 0.254. The molecule has 0 radical (unpaired) electrons. The van der Waals surface area contributed by atoms with Crippen LogP contribution in [-0.2, 0) is 0 Å². The molecule has 0 aliphatic carbocycles. The fraction of sp³-hybridized carbons (Fsp3) is 0.278. The van der Waals surface area contributed by atoms with Crippen molar-refractivity contribution in [1.29, 1.82) is 0 Å². The molecule has 0 amide bonds. The summed E-state index contributed by atoms with van der Waals surface area (Å²) < 4.78 is 31.4. The lowest BCUT2D eigenvalue weighted by Crippen LogP contribution is -2.10. The molecule has 134 valence electrons. The predicted octanol–water partition coefficient (Wildman–Crippen LogP) is 2.95. The molecule has 2 rings (SSSR count). The number of carbonyl (C=O) groups is 1. The van der Waals surface area contributed by atoms with Crippen LogP contribution in [0.3, 0.4) is 0 Å². The summed E-state index contributed by atoms with van der Waals surface area (Å²) in [6.45, 7) is 0. The molecule has 0 saturated heterocycles. The number of carbonyl (C=O) groups excluding carboxylic acids is 1. The van der Waals surface area contributed by atoms with Gasteiger partial charge < -0.3 is 28.4 Å². The summed E-state index contributed by atoms with van der Waals surface area (Å²) in [5, 5.41) is 0. The molecule has 0 aliphatic rings. The van der Waals surface area contributed by atoms with Crippen molar-refractivity contribution < 1.29 is 33.2 Å². The van der Waals surface area contributed by atoms with E-state index in [-0.39, 0.29) is 5.56 Å². The zero-order valence-corrected chi connectivity index (χ0v) is 14.7. The summed E-state index contributed by atoms with van der Waals surface area (Å²) in [7, 11) is 7.46. The second-order valence-corrected chi connectivity index (χ2v) is 4.82. The smallest absolute Gasteiger partial charge is 0.343 e. The van der Waals surface area contributed by atoms with E-state index in [1.807, 2.05) is 0 Å². The van der Waals surface area contributed by atoms with Gasteiger partial charge in [-0.05, 0) is 24.3 Å². The van der Waals surface area contributed by atoms with E-state index in [1.54, 1.807) is 18.2 Å². The molecule has 0 atom stereocenters. The first-order valence-corrected chi connectivity index (χ1v) is 7.32. The topological polar surface area (TPSA) is 72.5 Å². The van der Waals surface area contributed by atoms with E-state index in [0.29, 0.717) is 34.5 Å². The zero-order valence-electron chi connectivity index (χ0n) is 14.7. The van der Waals surface area contributed by atoms with Crippen molar-refractivity contribution in [3.8, 4) is 34.5 Å². The highest BCUT2D eigenvalue weighted by Crippen LogP contribution is 2.38. The summed E-state index contributed by atoms with van der Waals surface area (Å²) in [6.07, 6.45) is 0. The maximum Gasteiger partial charge on any atom is 0.343 e. The van der Waals surface area contributed by atoms with Crippen molar-refractivity contribution >= 4 is 5.97 Å². The van der Waals surface area contributed by atoms with Crippen LogP contribution >= 0.6 is 0 Å². The number of esters is 1. The number of rotatable bonds is 7. The third-order valence-electron chi connectivity index (χ3n) is 3.47. The Balaban J connectivity index is 2.32. The maximum absolute atomic E-state index is 12.5. The number of ether oxygens (including phenoxy) is 6. The highest BCUT2D eigenvalue weighted by Gasteiger charge is 2.19. The monoisotopic (exact) mass is 348 g/mol. The lowest BCUT2D eigenvalue weighted by Gasteiger charge is -2.14. The molecule has 0 aromatic heterocycles. The van der Waals surface area contributed by atoms with Gasteiger partial charge in [0, 0.05) is 6.07 Å². The first-order valence-electron chi connectivity index (χ1n) is 7.32. The molecular weight excluding hydrogens is 328 g/mol. The minimum atomic E-state index is -0.577. The van der Waals surface area contributed by atoms with Crippen LogP contribution in [-0.4, -0.2) is 41.5 Å². The Morgan fingerprint density at radius 2 is 1.24 bits per heavy atom. The first-order chi connectivity index (χ1) is 12.1. The number of benzene rings is 2. The van der Waals surface area contributed by atoms with Crippen LogP contribution in [0.1, 0.15) is 10.4 Å². The van der Waals surface area contributed by atoms with E-state index in [0.717, 1.165) is 0 Å². The van der Waals surface area contributed by atoms with Gasteiger partial charge in [0.15, 0.2) is 23.0 Å². The summed E-state index contributed by atoms with van der Waals surface area (Å²) in [4.78, 5) is 12.5. The highest BCUT2D eigenvalue weighted by molar-refractivity contribution is 5.92. The van der Waals surface area contributed by atoms with Crippen molar-refractivity contribution in [1.82, 2.24) is 0 Å². The third-order valence-corrected chi connectivity index (χ3v) is 3.47. The number of hydrogen-bond donors (Lipinski definition) is 0. The van der Waals surface area contributed by atoms with Crippen molar-refractivity contribution in [2.45, 2.75) is 0 Å². The highest BCUT2D eigenvalue weighted by atomic mass is 16.5. The molecule has 7 heteroatoms. The van der Waals surface area contributed by atoms with Crippen molar-refractivity contribution in [3.63, 3.8) is 0 Å². The molecule has 7 nitrogen and oxygen atoms in total. The van der Waals surface area contributed by atoms with Crippen LogP contribution < -0.4 is 28.4 Å². The average Bonchev–Trinajstić information content (AvgIpc) is 2.66. The third kappa shape index (κ3) is 3.88. The lowest BCUT2D eigenvalue weighted by atomic mass is 10.2. The van der Waals surface area contributed by atoms with Crippen LogP contribution in [0.25, 0.3) is 0 Å². The van der Waals surface area contributed by atoms with Crippen LogP contribution in [0, 0.1) is 0 Å². The van der Waals surface area contributed by atoms with E-state index in [2.05, 4.69) is 0 Å².